The molecule has 0 aliphatic rings. The van der Waals surface area contributed by atoms with E-state index in [4.69, 9.17) is 0 Å². The van der Waals surface area contributed by atoms with Crippen molar-refractivity contribution in [2.45, 2.75) is 9.92 Å². The first-order chi connectivity index (χ1) is 7.53. The largest absolute Gasteiger partial charge is 0.284 e. The lowest BCUT2D eigenvalue weighted by atomic mass is 10.3. The smallest absolute Gasteiger partial charge is 0.228 e. The lowest BCUT2D eigenvalue weighted by Gasteiger charge is -2.02. The third kappa shape index (κ3) is 1.58. The summed E-state index contributed by atoms with van der Waals surface area (Å²) in [7, 11) is -4.11. The van der Waals surface area contributed by atoms with Gasteiger partial charge in [0.2, 0.25) is 9.84 Å². The SMILES string of the molecule is O=S(=O)(c1cc[nH]n1)c1cccc(F)c1F. The van der Waals surface area contributed by atoms with Gasteiger partial charge in [-0.05, 0) is 18.2 Å². The number of rotatable bonds is 2. The molecular weight excluding hydrogens is 238 g/mol. The zero-order chi connectivity index (χ0) is 11.8. The van der Waals surface area contributed by atoms with Crippen molar-refractivity contribution < 1.29 is 17.2 Å². The van der Waals surface area contributed by atoms with Gasteiger partial charge in [-0.1, -0.05) is 6.07 Å². The molecule has 1 heterocycles. The van der Waals surface area contributed by atoms with Crippen LogP contribution < -0.4 is 0 Å². The predicted octanol–water partition coefficient (Wildman–Crippen LogP) is 1.52. The summed E-state index contributed by atoms with van der Waals surface area (Å²) in [5, 5.41) is 5.38. The lowest BCUT2D eigenvalue weighted by Crippen LogP contribution is -2.06. The maximum Gasteiger partial charge on any atom is 0.228 e. The average Bonchev–Trinajstić information content (AvgIpc) is 2.75. The Kier molecular flexibility index (Phi) is 2.47. The van der Waals surface area contributed by atoms with Crippen LogP contribution in [-0.2, 0) is 9.84 Å². The molecule has 0 radical (unpaired) electrons. The number of aromatic amines is 1. The summed E-state index contributed by atoms with van der Waals surface area (Å²) in [4.78, 5) is -0.723. The molecule has 1 N–H and O–H groups in total. The monoisotopic (exact) mass is 244 g/mol. The van der Waals surface area contributed by atoms with Crippen molar-refractivity contribution in [2.75, 3.05) is 0 Å². The van der Waals surface area contributed by atoms with Crippen molar-refractivity contribution in [3.63, 3.8) is 0 Å². The number of H-pyrrole nitrogens is 1. The summed E-state index contributed by atoms with van der Waals surface area (Å²) in [6.45, 7) is 0. The lowest BCUT2D eigenvalue weighted by molar-refractivity contribution is 0.484. The fourth-order valence-electron chi connectivity index (χ4n) is 1.20. The van der Waals surface area contributed by atoms with Crippen LogP contribution in [0.4, 0.5) is 8.78 Å². The van der Waals surface area contributed by atoms with Gasteiger partial charge in [-0.15, -0.1) is 0 Å². The van der Waals surface area contributed by atoms with Crippen molar-refractivity contribution in [3.05, 3.63) is 42.1 Å². The zero-order valence-electron chi connectivity index (χ0n) is 7.81. The van der Waals surface area contributed by atoms with Crippen molar-refractivity contribution in [3.8, 4) is 0 Å². The van der Waals surface area contributed by atoms with Gasteiger partial charge < -0.3 is 0 Å². The quantitative estimate of drug-likeness (QED) is 0.871. The van der Waals surface area contributed by atoms with E-state index in [2.05, 4.69) is 10.2 Å². The molecule has 4 nitrogen and oxygen atoms in total. The van der Waals surface area contributed by atoms with E-state index in [1.54, 1.807) is 0 Å². The topological polar surface area (TPSA) is 62.8 Å². The number of aromatic nitrogens is 2. The third-order valence-corrected chi connectivity index (χ3v) is 3.63. The van der Waals surface area contributed by atoms with E-state index in [1.807, 2.05) is 0 Å². The van der Waals surface area contributed by atoms with Gasteiger partial charge in [0, 0.05) is 6.20 Å². The minimum Gasteiger partial charge on any atom is -0.284 e. The summed E-state index contributed by atoms with van der Waals surface area (Å²) >= 11 is 0. The maximum atomic E-state index is 13.3. The highest BCUT2D eigenvalue weighted by Gasteiger charge is 2.25. The highest BCUT2D eigenvalue weighted by atomic mass is 32.2. The molecule has 0 unspecified atom stereocenters. The molecule has 0 amide bonds. The minimum absolute atomic E-state index is 0.350. The number of sulfone groups is 1. The normalized spacial score (nSPS) is 11.6. The van der Waals surface area contributed by atoms with E-state index in [1.165, 1.54) is 12.3 Å². The zero-order valence-corrected chi connectivity index (χ0v) is 8.63. The first kappa shape index (κ1) is 10.7. The van der Waals surface area contributed by atoms with Crippen LogP contribution in [-0.4, -0.2) is 18.6 Å². The van der Waals surface area contributed by atoms with Gasteiger partial charge in [0.05, 0.1) is 0 Å². The minimum atomic E-state index is -4.11. The molecule has 2 rings (SSSR count). The molecule has 0 fully saturated rings. The summed E-state index contributed by atoms with van der Waals surface area (Å²) < 4.78 is 49.7. The molecule has 0 spiro atoms. The summed E-state index contributed by atoms with van der Waals surface area (Å²) in [5.74, 6) is -2.61. The molecule has 84 valence electrons. The predicted molar refractivity (Wildman–Crippen MR) is 50.4 cm³/mol. The number of hydrogen-bond donors (Lipinski definition) is 1. The van der Waals surface area contributed by atoms with Crippen molar-refractivity contribution in [1.29, 1.82) is 0 Å². The van der Waals surface area contributed by atoms with Crippen LogP contribution in [0, 0.1) is 11.6 Å². The van der Waals surface area contributed by atoms with Gasteiger partial charge in [-0.25, -0.2) is 17.2 Å². The summed E-state index contributed by atoms with van der Waals surface area (Å²) in [5.41, 5.74) is 0. The average molecular weight is 244 g/mol. The molecule has 2 aromatic rings. The van der Waals surface area contributed by atoms with E-state index in [0.717, 1.165) is 18.2 Å². The van der Waals surface area contributed by atoms with Crippen LogP contribution in [0.2, 0.25) is 0 Å². The maximum absolute atomic E-state index is 13.3. The second-order valence-electron chi connectivity index (χ2n) is 2.97. The van der Waals surface area contributed by atoms with Gasteiger partial charge in [0.15, 0.2) is 16.7 Å². The number of nitrogens with zero attached hydrogens (tertiary/aromatic N) is 1. The van der Waals surface area contributed by atoms with E-state index in [-0.39, 0.29) is 5.03 Å². The van der Waals surface area contributed by atoms with E-state index >= 15 is 0 Å². The molecule has 0 bridgehead atoms. The number of halogens is 2. The first-order valence-corrected chi connectivity index (χ1v) is 5.70. The number of nitrogens with one attached hydrogen (secondary N) is 1. The van der Waals surface area contributed by atoms with Crippen molar-refractivity contribution >= 4 is 9.84 Å². The molecular formula is C9H6F2N2O2S. The number of benzene rings is 1. The first-order valence-electron chi connectivity index (χ1n) is 4.22. The molecule has 1 aromatic heterocycles. The van der Waals surface area contributed by atoms with E-state index < -0.39 is 26.4 Å². The van der Waals surface area contributed by atoms with Crippen LogP contribution in [0.25, 0.3) is 0 Å². The Hall–Kier alpha value is -1.76. The number of hydrogen-bond acceptors (Lipinski definition) is 3. The van der Waals surface area contributed by atoms with Gasteiger partial charge in [0.25, 0.3) is 0 Å². The van der Waals surface area contributed by atoms with Crippen molar-refractivity contribution in [1.82, 2.24) is 10.2 Å². The fraction of sp³-hybridized carbons (Fsp3) is 0. The highest BCUT2D eigenvalue weighted by molar-refractivity contribution is 7.91. The molecule has 0 saturated carbocycles. The Morgan fingerprint density at radius 2 is 1.94 bits per heavy atom. The Labute approximate surface area is 89.8 Å². The highest BCUT2D eigenvalue weighted by Crippen LogP contribution is 2.22. The third-order valence-electron chi connectivity index (χ3n) is 1.96. The standard InChI is InChI=1S/C9H6F2N2O2S/c10-6-2-1-3-7(9(6)11)16(14,15)8-4-5-12-13-8/h1-5H,(H,12,13). The molecule has 0 aliphatic carbocycles. The molecule has 0 aliphatic heterocycles. The summed E-state index contributed by atoms with van der Waals surface area (Å²) in [6, 6.07) is 4.12. The Morgan fingerprint density at radius 1 is 1.19 bits per heavy atom. The van der Waals surface area contributed by atoms with Crippen LogP contribution in [0.1, 0.15) is 0 Å². The van der Waals surface area contributed by atoms with Gasteiger partial charge in [0.1, 0.15) is 4.90 Å². The van der Waals surface area contributed by atoms with Crippen LogP contribution in [0.3, 0.4) is 0 Å². The second-order valence-corrected chi connectivity index (χ2v) is 4.83. The fourth-order valence-corrected chi connectivity index (χ4v) is 2.44. The Morgan fingerprint density at radius 3 is 2.56 bits per heavy atom. The second kappa shape index (κ2) is 3.67. The Balaban J connectivity index is 2.66. The van der Waals surface area contributed by atoms with E-state index in [9.17, 15) is 17.2 Å². The Bertz CT molecular complexity index is 608. The van der Waals surface area contributed by atoms with Crippen LogP contribution in [0.5, 0.6) is 0 Å². The molecule has 7 heteroatoms. The molecule has 0 saturated heterocycles. The van der Waals surface area contributed by atoms with Gasteiger partial charge in [-0.2, -0.15) is 5.10 Å². The summed E-state index contributed by atoms with van der Waals surface area (Å²) in [6.07, 6.45) is 1.28. The molecule has 1 aromatic carbocycles. The van der Waals surface area contributed by atoms with E-state index in [0.29, 0.717) is 0 Å². The molecule has 0 atom stereocenters. The van der Waals surface area contributed by atoms with Gasteiger partial charge >= 0.3 is 0 Å². The van der Waals surface area contributed by atoms with Crippen molar-refractivity contribution in [2.24, 2.45) is 0 Å². The van der Waals surface area contributed by atoms with Crippen LogP contribution >= 0.6 is 0 Å². The van der Waals surface area contributed by atoms with Crippen LogP contribution in [0.15, 0.2) is 40.4 Å². The molecule has 16 heavy (non-hydrogen) atoms. The van der Waals surface area contributed by atoms with Gasteiger partial charge in [-0.3, -0.25) is 5.10 Å².